The van der Waals surface area contributed by atoms with Crippen molar-refractivity contribution in [1.29, 1.82) is 0 Å². The first kappa shape index (κ1) is 18.8. The van der Waals surface area contributed by atoms with Gasteiger partial charge in [-0.15, -0.1) is 0 Å². The number of hydrogen-bond acceptors (Lipinski definition) is 5. The van der Waals surface area contributed by atoms with Crippen molar-refractivity contribution >= 4 is 39.6 Å². The highest BCUT2D eigenvalue weighted by Crippen LogP contribution is 2.30. The highest BCUT2D eigenvalue weighted by atomic mass is 35.5. The van der Waals surface area contributed by atoms with E-state index in [-0.39, 0.29) is 44.8 Å². The van der Waals surface area contributed by atoms with Crippen LogP contribution in [0, 0.1) is 0 Å². The van der Waals surface area contributed by atoms with Gasteiger partial charge in [-0.1, -0.05) is 37.0 Å². The molecule has 2 rings (SSSR count). The van der Waals surface area contributed by atoms with Crippen LogP contribution in [0.2, 0.25) is 10.0 Å². The van der Waals surface area contributed by atoms with E-state index in [0.717, 1.165) is 0 Å². The monoisotopic (exact) mass is 390 g/mol. The maximum atomic E-state index is 12.8. The predicted molar refractivity (Wildman–Crippen MR) is 91.7 cm³/mol. The smallest absolute Gasteiger partial charge is 0.357 e. The van der Waals surface area contributed by atoms with E-state index >= 15 is 0 Å². The second-order valence-electron chi connectivity index (χ2n) is 5.32. The van der Waals surface area contributed by atoms with Crippen molar-refractivity contribution in [3.8, 4) is 5.75 Å². The van der Waals surface area contributed by atoms with Crippen LogP contribution in [0.3, 0.4) is 0 Å². The summed E-state index contributed by atoms with van der Waals surface area (Å²) in [7, 11) is -4.23. The summed E-state index contributed by atoms with van der Waals surface area (Å²) in [4.78, 5) is 15.3. The van der Waals surface area contributed by atoms with Crippen molar-refractivity contribution in [1.82, 2.24) is 9.55 Å². The number of aldehydes is 1. The standard InChI is InChI=1S/C15H16Cl2N2O4S/c1-4-19-13(8-20)18-14(9(2)3)15(19)24(21,22)23-12-6-10(16)5-11(17)7-12/h5-9H,4H2,1-3H3. The summed E-state index contributed by atoms with van der Waals surface area (Å²) in [6.07, 6.45) is 0.519. The molecule has 0 N–H and O–H groups in total. The average molecular weight is 391 g/mol. The Labute approximate surface area is 150 Å². The third-order valence-corrected chi connectivity index (χ3v) is 4.97. The molecule has 0 saturated heterocycles. The molecule has 0 aliphatic heterocycles. The van der Waals surface area contributed by atoms with Gasteiger partial charge in [0.2, 0.25) is 0 Å². The van der Waals surface area contributed by atoms with Crippen LogP contribution in [-0.4, -0.2) is 24.3 Å². The van der Waals surface area contributed by atoms with Gasteiger partial charge in [0, 0.05) is 28.7 Å². The van der Waals surface area contributed by atoms with Gasteiger partial charge >= 0.3 is 10.1 Å². The number of carbonyl (C=O) groups is 1. The summed E-state index contributed by atoms with van der Waals surface area (Å²) in [6, 6.07) is 4.14. The van der Waals surface area contributed by atoms with Crippen molar-refractivity contribution in [2.24, 2.45) is 0 Å². The van der Waals surface area contributed by atoms with Crippen LogP contribution >= 0.6 is 23.2 Å². The van der Waals surface area contributed by atoms with Crippen molar-refractivity contribution in [2.75, 3.05) is 0 Å². The average Bonchev–Trinajstić information content (AvgIpc) is 2.85. The zero-order valence-electron chi connectivity index (χ0n) is 13.3. The summed E-state index contributed by atoms with van der Waals surface area (Å²) in [6.45, 7) is 5.54. The topological polar surface area (TPSA) is 78.3 Å². The molecular weight excluding hydrogens is 375 g/mol. The highest BCUT2D eigenvalue weighted by molar-refractivity contribution is 7.87. The van der Waals surface area contributed by atoms with Crippen LogP contribution in [-0.2, 0) is 16.7 Å². The number of rotatable bonds is 6. The van der Waals surface area contributed by atoms with Gasteiger partial charge in [0.15, 0.2) is 17.1 Å². The van der Waals surface area contributed by atoms with E-state index in [1.54, 1.807) is 20.8 Å². The van der Waals surface area contributed by atoms with Gasteiger partial charge in [-0.3, -0.25) is 4.79 Å². The predicted octanol–water partition coefficient (Wildman–Crippen LogP) is 3.91. The Balaban J connectivity index is 2.60. The van der Waals surface area contributed by atoms with Crippen LogP contribution in [0.1, 0.15) is 43.0 Å². The summed E-state index contributed by atoms with van der Waals surface area (Å²) in [5.41, 5.74) is 0.270. The Morgan fingerprint density at radius 1 is 1.25 bits per heavy atom. The SMILES string of the molecule is CCn1c(C=O)nc(C(C)C)c1S(=O)(=O)Oc1cc(Cl)cc(Cl)c1. The first-order valence-electron chi connectivity index (χ1n) is 7.15. The molecule has 0 fully saturated rings. The normalized spacial score (nSPS) is 11.8. The van der Waals surface area contributed by atoms with Crippen LogP contribution < -0.4 is 4.18 Å². The fourth-order valence-electron chi connectivity index (χ4n) is 2.25. The largest absolute Gasteiger partial charge is 0.378 e. The van der Waals surface area contributed by atoms with Crippen LogP contribution in [0.15, 0.2) is 23.2 Å². The molecule has 0 spiro atoms. The quantitative estimate of drug-likeness (QED) is 0.551. The Morgan fingerprint density at radius 2 is 1.83 bits per heavy atom. The molecule has 1 aromatic heterocycles. The lowest BCUT2D eigenvalue weighted by molar-refractivity contribution is 0.111. The highest BCUT2D eigenvalue weighted by Gasteiger charge is 2.30. The molecule has 0 amide bonds. The van der Waals surface area contributed by atoms with Crippen LogP contribution in [0.25, 0.3) is 0 Å². The maximum Gasteiger partial charge on any atom is 0.357 e. The Morgan fingerprint density at radius 3 is 2.29 bits per heavy atom. The molecule has 9 heteroatoms. The summed E-state index contributed by atoms with van der Waals surface area (Å²) in [5.74, 6) is -0.195. The minimum Gasteiger partial charge on any atom is -0.378 e. The molecule has 0 radical (unpaired) electrons. The number of carbonyl (C=O) groups excluding carboxylic acids is 1. The Kier molecular flexibility index (Phi) is 5.57. The van der Waals surface area contributed by atoms with E-state index in [9.17, 15) is 13.2 Å². The minimum absolute atomic E-state index is 0.0151. The number of imidazole rings is 1. The van der Waals surface area contributed by atoms with Crippen molar-refractivity contribution in [2.45, 2.75) is 38.3 Å². The first-order valence-corrected chi connectivity index (χ1v) is 9.32. The zero-order valence-corrected chi connectivity index (χ0v) is 15.6. The Hall–Kier alpha value is -1.57. The fourth-order valence-corrected chi connectivity index (χ4v) is 4.22. The van der Waals surface area contributed by atoms with Crippen LogP contribution in [0.4, 0.5) is 0 Å². The number of aromatic nitrogens is 2. The molecule has 0 aliphatic rings. The molecule has 130 valence electrons. The van der Waals surface area contributed by atoms with E-state index in [4.69, 9.17) is 27.4 Å². The van der Waals surface area contributed by atoms with E-state index < -0.39 is 10.1 Å². The van der Waals surface area contributed by atoms with Crippen molar-refractivity contribution in [3.05, 3.63) is 39.8 Å². The number of hydrogen-bond donors (Lipinski definition) is 0. The van der Waals surface area contributed by atoms with Gasteiger partial charge in [0.05, 0.1) is 5.69 Å². The summed E-state index contributed by atoms with van der Waals surface area (Å²) >= 11 is 11.7. The second-order valence-corrected chi connectivity index (χ2v) is 7.65. The van der Waals surface area contributed by atoms with E-state index in [1.807, 2.05) is 0 Å². The number of nitrogens with zero attached hydrogens (tertiary/aromatic N) is 2. The summed E-state index contributed by atoms with van der Waals surface area (Å²) in [5, 5.41) is 0.349. The van der Waals surface area contributed by atoms with E-state index in [2.05, 4.69) is 4.98 Å². The molecular formula is C15H16Cl2N2O4S. The summed E-state index contributed by atoms with van der Waals surface area (Å²) < 4.78 is 32.0. The molecule has 1 aromatic carbocycles. The molecule has 0 aliphatic carbocycles. The van der Waals surface area contributed by atoms with Gasteiger partial charge in [-0.05, 0) is 18.9 Å². The lowest BCUT2D eigenvalue weighted by atomic mass is 10.1. The Bertz CT molecular complexity index is 856. The van der Waals surface area contributed by atoms with Gasteiger partial charge in [-0.25, -0.2) is 4.98 Å². The fraction of sp³-hybridized carbons (Fsp3) is 0.333. The number of halogens is 2. The van der Waals surface area contributed by atoms with Gasteiger partial charge in [0.25, 0.3) is 0 Å². The molecule has 0 atom stereocenters. The minimum atomic E-state index is -4.23. The van der Waals surface area contributed by atoms with E-state index in [1.165, 1.54) is 22.8 Å². The third-order valence-electron chi connectivity index (χ3n) is 3.22. The van der Waals surface area contributed by atoms with Gasteiger partial charge in [-0.2, -0.15) is 8.42 Å². The molecule has 1 heterocycles. The van der Waals surface area contributed by atoms with E-state index in [0.29, 0.717) is 6.29 Å². The van der Waals surface area contributed by atoms with Crippen LogP contribution in [0.5, 0.6) is 5.75 Å². The lowest BCUT2D eigenvalue weighted by Gasteiger charge is -2.12. The van der Waals surface area contributed by atoms with Gasteiger partial charge < -0.3 is 8.75 Å². The molecule has 0 saturated carbocycles. The molecule has 6 nitrogen and oxygen atoms in total. The lowest BCUT2D eigenvalue weighted by Crippen LogP contribution is -2.18. The first-order chi connectivity index (χ1) is 11.2. The second kappa shape index (κ2) is 7.13. The van der Waals surface area contributed by atoms with Crippen molar-refractivity contribution in [3.63, 3.8) is 0 Å². The zero-order chi connectivity index (χ0) is 18.1. The van der Waals surface area contributed by atoms with Gasteiger partial charge in [0.1, 0.15) is 5.75 Å². The number of benzene rings is 1. The van der Waals surface area contributed by atoms with Crippen molar-refractivity contribution < 1.29 is 17.4 Å². The molecule has 0 unspecified atom stereocenters. The maximum absolute atomic E-state index is 12.8. The molecule has 2 aromatic rings. The molecule has 24 heavy (non-hydrogen) atoms. The molecule has 0 bridgehead atoms. The third kappa shape index (κ3) is 3.74.